The quantitative estimate of drug-likeness (QED) is 0.202. The summed E-state index contributed by atoms with van der Waals surface area (Å²) in [7, 11) is 0. The van der Waals surface area contributed by atoms with Gasteiger partial charge in [0.15, 0.2) is 0 Å². The summed E-state index contributed by atoms with van der Waals surface area (Å²) < 4.78 is 0. The Morgan fingerprint density at radius 1 is 0.710 bits per heavy atom. The standard InChI is InChI=1S/C27H47N3O/c1-2-3-4-5-6-7-8-9-10-11-12-13-14-15-16-17-18-19-20-21-22-23-27(26(28)31)29-24-25-30-27/h29-30H,2-12,17-25H2,1H3,(H2,28,31). The lowest BCUT2D eigenvalue weighted by Crippen LogP contribution is -2.59. The molecule has 0 aromatic heterocycles. The highest BCUT2D eigenvalue weighted by molar-refractivity contribution is 5.84. The van der Waals surface area contributed by atoms with Gasteiger partial charge in [-0.2, -0.15) is 0 Å². The molecule has 1 aliphatic rings. The average Bonchev–Trinajstić information content (AvgIpc) is 3.25. The minimum absolute atomic E-state index is 0.283. The number of nitrogens with one attached hydrogen (secondary N) is 2. The zero-order valence-corrected chi connectivity index (χ0v) is 20.1. The lowest BCUT2D eigenvalue weighted by atomic mass is 10.0. The van der Waals surface area contributed by atoms with Crippen LogP contribution in [-0.4, -0.2) is 24.7 Å². The molecule has 31 heavy (non-hydrogen) atoms. The predicted octanol–water partition coefficient (Wildman–Crippen LogP) is 5.41. The molecule has 4 nitrogen and oxygen atoms in total. The fourth-order valence-electron chi connectivity index (χ4n) is 4.14. The molecule has 0 unspecified atom stereocenters. The molecule has 0 spiro atoms. The number of primary amides is 1. The Labute approximate surface area is 192 Å². The van der Waals surface area contributed by atoms with Crippen molar-refractivity contribution in [2.45, 2.75) is 128 Å². The Kier molecular flexibility index (Phi) is 17.1. The van der Waals surface area contributed by atoms with Gasteiger partial charge in [0.05, 0.1) is 0 Å². The molecule has 1 aliphatic heterocycles. The summed E-state index contributed by atoms with van der Waals surface area (Å²) >= 11 is 0. The number of unbranched alkanes of at least 4 members (excludes halogenated alkanes) is 15. The molecule has 4 heteroatoms. The second kappa shape index (κ2) is 19.2. The minimum Gasteiger partial charge on any atom is -0.367 e. The monoisotopic (exact) mass is 429 g/mol. The van der Waals surface area contributed by atoms with Crippen molar-refractivity contribution in [2.75, 3.05) is 13.1 Å². The topological polar surface area (TPSA) is 67.2 Å². The van der Waals surface area contributed by atoms with E-state index in [2.05, 4.69) is 41.2 Å². The number of rotatable bonds is 18. The molecule has 0 aromatic carbocycles. The van der Waals surface area contributed by atoms with E-state index in [1.54, 1.807) is 0 Å². The van der Waals surface area contributed by atoms with Crippen LogP contribution in [0.25, 0.3) is 0 Å². The van der Waals surface area contributed by atoms with E-state index in [1.165, 1.54) is 77.0 Å². The number of carbonyl (C=O) groups is 1. The molecular formula is C27H47N3O. The second-order valence-corrected chi connectivity index (χ2v) is 8.93. The van der Waals surface area contributed by atoms with Crippen LogP contribution in [0.3, 0.4) is 0 Å². The highest BCUT2D eigenvalue weighted by atomic mass is 16.2. The molecule has 176 valence electrons. The molecule has 1 rings (SSSR count). The van der Waals surface area contributed by atoms with Gasteiger partial charge in [0.2, 0.25) is 0 Å². The van der Waals surface area contributed by atoms with Gasteiger partial charge in [0.1, 0.15) is 5.66 Å². The molecule has 0 bridgehead atoms. The molecule has 1 amide bonds. The van der Waals surface area contributed by atoms with E-state index in [-0.39, 0.29) is 5.91 Å². The van der Waals surface area contributed by atoms with Crippen molar-refractivity contribution in [3.63, 3.8) is 0 Å². The summed E-state index contributed by atoms with van der Waals surface area (Å²) in [5.74, 6) is 12.1. The fraction of sp³-hybridized carbons (Fsp3) is 0.815. The molecule has 0 radical (unpaired) electrons. The zero-order valence-electron chi connectivity index (χ0n) is 20.1. The first-order chi connectivity index (χ1) is 15.2. The van der Waals surface area contributed by atoms with E-state index >= 15 is 0 Å². The number of hydrogen-bond acceptors (Lipinski definition) is 3. The van der Waals surface area contributed by atoms with Crippen LogP contribution in [0, 0.1) is 23.7 Å². The van der Waals surface area contributed by atoms with Gasteiger partial charge in [0.25, 0.3) is 5.91 Å². The maximum atomic E-state index is 11.6. The minimum atomic E-state index is -0.669. The molecule has 1 fully saturated rings. The third-order valence-electron chi connectivity index (χ3n) is 6.15. The lowest BCUT2D eigenvalue weighted by Gasteiger charge is -2.26. The Balaban J connectivity index is 1.86. The lowest BCUT2D eigenvalue weighted by molar-refractivity contribution is -0.125. The van der Waals surface area contributed by atoms with Crippen molar-refractivity contribution < 1.29 is 4.79 Å². The van der Waals surface area contributed by atoms with E-state index in [9.17, 15) is 4.79 Å². The third-order valence-corrected chi connectivity index (χ3v) is 6.15. The number of nitrogens with two attached hydrogens (primary N) is 1. The van der Waals surface area contributed by atoms with Crippen molar-refractivity contribution in [1.82, 2.24) is 10.6 Å². The van der Waals surface area contributed by atoms with Crippen LogP contribution in [0.2, 0.25) is 0 Å². The van der Waals surface area contributed by atoms with Gasteiger partial charge >= 0.3 is 0 Å². The first-order valence-corrected chi connectivity index (χ1v) is 13.0. The van der Waals surface area contributed by atoms with E-state index in [1.807, 2.05) is 0 Å². The van der Waals surface area contributed by atoms with Gasteiger partial charge in [-0.25, -0.2) is 0 Å². The Morgan fingerprint density at radius 2 is 1.13 bits per heavy atom. The van der Waals surface area contributed by atoms with Crippen LogP contribution in [0.5, 0.6) is 0 Å². The smallest absolute Gasteiger partial charge is 0.252 e. The van der Waals surface area contributed by atoms with Crippen LogP contribution in [-0.2, 0) is 4.79 Å². The number of amides is 1. The van der Waals surface area contributed by atoms with Crippen molar-refractivity contribution in [3.05, 3.63) is 0 Å². The Morgan fingerprint density at radius 3 is 1.58 bits per heavy atom. The van der Waals surface area contributed by atoms with Crippen molar-refractivity contribution in [1.29, 1.82) is 0 Å². The summed E-state index contributed by atoms with van der Waals surface area (Å²) in [6.07, 6.45) is 22.0. The fourth-order valence-corrected chi connectivity index (χ4v) is 4.14. The van der Waals surface area contributed by atoms with Crippen molar-refractivity contribution in [2.24, 2.45) is 5.73 Å². The van der Waals surface area contributed by atoms with Gasteiger partial charge in [-0.05, 0) is 37.5 Å². The SMILES string of the molecule is CCCCCCCCCCCCC#CC#CCCCCCCCC1(C(N)=O)NCCN1. The molecule has 4 N–H and O–H groups in total. The first kappa shape index (κ1) is 27.5. The third kappa shape index (κ3) is 14.2. The van der Waals surface area contributed by atoms with E-state index < -0.39 is 5.66 Å². The molecule has 0 saturated carbocycles. The number of hydrogen-bond donors (Lipinski definition) is 3. The number of carbonyl (C=O) groups excluding carboxylic acids is 1. The molecule has 0 atom stereocenters. The van der Waals surface area contributed by atoms with E-state index in [4.69, 9.17) is 5.73 Å². The van der Waals surface area contributed by atoms with Crippen LogP contribution in [0.4, 0.5) is 0 Å². The summed E-state index contributed by atoms with van der Waals surface area (Å²) in [6.45, 7) is 3.89. The van der Waals surface area contributed by atoms with Crippen molar-refractivity contribution in [3.8, 4) is 23.7 Å². The summed E-state index contributed by atoms with van der Waals surface area (Å²) in [5.41, 5.74) is 4.86. The van der Waals surface area contributed by atoms with Crippen LogP contribution in [0.15, 0.2) is 0 Å². The predicted molar refractivity (Wildman–Crippen MR) is 132 cm³/mol. The molecule has 1 saturated heterocycles. The van der Waals surface area contributed by atoms with Gasteiger partial charge in [-0.15, -0.1) is 0 Å². The molecule has 0 aliphatic carbocycles. The van der Waals surface area contributed by atoms with Crippen LogP contribution >= 0.6 is 0 Å². The molecule has 1 heterocycles. The van der Waals surface area contributed by atoms with Gasteiger partial charge in [-0.3, -0.25) is 15.4 Å². The van der Waals surface area contributed by atoms with Crippen LogP contribution < -0.4 is 16.4 Å². The van der Waals surface area contributed by atoms with E-state index in [0.29, 0.717) is 0 Å². The zero-order chi connectivity index (χ0) is 22.5. The summed E-state index contributed by atoms with van der Waals surface area (Å²) in [5, 5.41) is 6.43. The molecular weight excluding hydrogens is 382 g/mol. The van der Waals surface area contributed by atoms with Gasteiger partial charge in [0, 0.05) is 25.9 Å². The second-order valence-electron chi connectivity index (χ2n) is 8.93. The highest BCUT2D eigenvalue weighted by Gasteiger charge is 2.38. The van der Waals surface area contributed by atoms with Crippen molar-refractivity contribution >= 4 is 5.91 Å². The van der Waals surface area contributed by atoms with Gasteiger partial charge < -0.3 is 5.73 Å². The molecule has 0 aromatic rings. The maximum Gasteiger partial charge on any atom is 0.252 e. The Bertz CT molecular complexity index is 573. The van der Waals surface area contributed by atoms with E-state index in [0.717, 1.165) is 51.6 Å². The van der Waals surface area contributed by atoms with Gasteiger partial charge in [-0.1, -0.05) is 95.8 Å². The maximum absolute atomic E-state index is 11.6. The highest BCUT2D eigenvalue weighted by Crippen LogP contribution is 2.16. The normalized spacial score (nSPS) is 14.5. The largest absolute Gasteiger partial charge is 0.367 e. The van der Waals surface area contributed by atoms with Crippen LogP contribution in [0.1, 0.15) is 122 Å². The average molecular weight is 430 g/mol. The Hall–Kier alpha value is -1.49. The summed E-state index contributed by atoms with van der Waals surface area (Å²) in [4.78, 5) is 11.6. The first-order valence-electron chi connectivity index (χ1n) is 13.0. The summed E-state index contributed by atoms with van der Waals surface area (Å²) in [6, 6.07) is 0.